The third-order valence-electron chi connectivity index (χ3n) is 5.74. The van der Waals surface area contributed by atoms with E-state index >= 15 is 0 Å². The lowest BCUT2D eigenvalue weighted by Crippen LogP contribution is -2.36. The number of nitrogens with zero attached hydrogens (tertiary/aromatic N) is 4. The highest BCUT2D eigenvalue weighted by molar-refractivity contribution is 5.80. The summed E-state index contributed by atoms with van der Waals surface area (Å²) in [5.74, 6) is 3.20. The van der Waals surface area contributed by atoms with Gasteiger partial charge in [0.1, 0.15) is 12.1 Å². The lowest BCUT2D eigenvalue weighted by Gasteiger charge is -2.24. The molecule has 5 heteroatoms. The van der Waals surface area contributed by atoms with E-state index in [1.54, 1.807) is 6.33 Å². The molecule has 1 aromatic heterocycles. The minimum Gasteiger partial charge on any atom is -0.356 e. The smallest absolute Gasteiger partial charge is 0.226 e. The monoisotopic (exact) mass is 326 g/mol. The molecule has 1 amide bonds. The number of rotatable bonds is 3. The van der Waals surface area contributed by atoms with Crippen LogP contribution in [-0.4, -0.2) is 47.0 Å². The Balaban J connectivity index is 1.39. The van der Waals surface area contributed by atoms with Gasteiger partial charge in [-0.15, -0.1) is 0 Å². The van der Waals surface area contributed by atoms with Crippen molar-refractivity contribution in [3.8, 4) is 0 Å². The highest BCUT2D eigenvalue weighted by Crippen LogP contribution is 2.35. The lowest BCUT2D eigenvalue weighted by molar-refractivity contribution is -0.134. The molecular weight excluding hydrogens is 300 g/mol. The first kappa shape index (κ1) is 15.6. The largest absolute Gasteiger partial charge is 0.356 e. The Labute approximate surface area is 143 Å². The Bertz CT molecular complexity index is 635. The maximum Gasteiger partial charge on any atom is 0.226 e. The third kappa shape index (κ3) is 2.80. The molecule has 24 heavy (non-hydrogen) atoms. The van der Waals surface area contributed by atoms with Crippen LogP contribution in [0, 0.1) is 17.8 Å². The van der Waals surface area contributed by atoms with Crippen molar-refractivity contribution in [1.29, 1.82) is 0 Å². The quantitative estimate of drug-likeness (QED) is 0.801. The second-order valence-corrected chi connectivity index (χ2v) is 7.76. The molecule has 0 aromatic carbocycles. The number of carbonyl (C=O) groups is 1. The summed E-state index contributed by atoms with van der Waals surface area (Å²) in [6.45, 7) is 8.16. The van der Waals surface area contributed by atoms with E-state index in [1.165, 1.54) is 0 Å². The van der Waals surface area contributed by atoms with Crippen molar-refractivity contribution in [2.24, 2.45) is 17.8 Å². The minimum absolute atomic E-state index is 0.204. The van der Waals surface area contributed by atoms with Gasteiger partial charge in [-0.05, 0) is 18.8 Å². The molecule has 4 rings (SSSR count). The first-order chi connectivity index (χ1) is 11.6. The van der Waals surface area contributed by atoms with Crippen LogP contribution in [0.3, 0.4) is 0 Å². The molecule has 5 nitrogen and oxygen atoms in total. The molecule has 2 saturated heterocycles. The Hall–Kier alpha value is -1.91. The summed E-state index contributed by atoms with van der Waals surface area (Å²) in [6.07, 6.45) is 7.82. The zero-order valence-corrected chi connectivity index (χ0v) is 14.6. The molecule has 1 aromatic rings. The van der Waals surface area contributed by atoms with E-state index in [1.807, 2.05) is 0 Å². The van der Waals surface area contributed by atoms with Crippen molar-refractivity contribution < 1.29 is 4.79 Å². The van der Waals surface area contributed by atoms with Crippen molar-refractivity contribution in [2.75, 3.05) is 31.1 Å². The van der Waals surface area contributed by atoms with Crippen LogP contribution >= 0.6 is 0 Å². The fourth-order valence-electron chi connectivity index (χ4n) is 4.29. The maximum absolute atomic E-state index is 12.6. The van der Waals surface area contributed by atoms with Gasteiger partial charge in [-0.1, -0.05) is 26.0 Å². The van der Waals surface area contributed by atoms with Crippen molar-refractivity contribution in [2.45, 2.75) is 32.6 Å². The number of amides is 1. The second kappa shape index (κ2) is 6.19. The van der Waals surface area contributed by atoms with E-state index in [9.17, 15) is 4.79 Å². The summed E-state index contributed by atoms with van der Waals surface area (Å²) >= 11 is 0. The van der Waals surface area contributed by atoms with E-state index in [-0.39, 0.29) is 5.92 Å². The first-order valence-electron chi connectivity index (χ1n) is 9.12. The summed E-state index contributed by atoms with van der Waals surface area (Å²) < 4.78 is 0. The SMILES string of the molecule is CC(C)c1cc(N2CC3CN(C(=O)C4CC=CC4)CC3C2)ncn1. The Morgan fingerprint density at radius 2 is 1.75 bits per heavy atom. The number of hydrogen-bond donors (Lipinski definition) is 0. The van der Waals surface area contributed by atoms with Crippen LogP contribution in [0.1, 0.15) is 38.3 Å². The Morgan fingerprint density at radius 1 is 1.08 bits per heavy atom. The first-order valence-corrected chi connectivity index (χ1v) is 9.12. The van der Waals surface area contributed by atoms with E-state index in [4.69, 9.17) is 0 Å². The number of carbonyl (C=O) groups excluding carboxylic acids is 1. The zero-order valence-electron chi connectivity index (χ0n) is 14.6. The molecule has 1 aliphatic carbocycles. The van der Waals surface area contributed by atoms with Crippen molar-refractivity contribution in [3.05, 3.63) is 30.2 Å². The number of aromatic nitrogens is 2. The number of likely N-dealkylation sites (tertiary alicyclic amines) is 1. The third-order valence-corrected chi connectivity index (χ3v) is 5.74. The molecule has 2 atom stereocenters. The fourth-order valence-corrected chi connectivity index (χ4v) is 4.29. The average molecular weight is 326 g/mol. The maximum atomic E-state index is 12.6. The van der Waals surface area contributed by atoms with Crippen molar-refractivity contribution >= 4 is 11.7 Å². The molecule has 3 heterocycles. The van der Waals surface area contributed by atoms with Gasteiger partial charge in [-0.2, -0.15) is 0 Å². The Morgan fingerprint density at radius 3 is 2.38 bits per heavy atom. The van der Waals surface area contributed by atoms with Crippen LogP contribution in [0.5, 0.6) is 0 Å². The predicted molar refractivity (Wildman–Crippen MR) is 93.8 cm³/mol. The van der Waals surface area contributed by atoms with Gasteiger partial charge in [0.2, 0.25) is 5.91 Å². The lowest BCUT2D eigenvalue weighted by atomic mass is 10.0. The molecule has 2 fully saturated rings. The van der Waals surface area contributed by atoms with Crippen LogP contribution in [0.15, 0.2) is 24.5 Å². The molecule has 0 saturated carbocycles. The molecule has 0 bridgehead atoms. The van der Waals surface area contributed by atoms with Gasteiger partial charge in [0.25, 0.3) is 0 Å². The number of anilines is 1. The normalized spacial score (nSPS) is 26.6. The van der Waals surface area contributed by atoms with Gasteiger partial charge in [0.15, 0.2) is 0 Å². The molecular formula is C19H26N4O. The molecule has 0 N–H and O–H groups in total. The van der Waals surface area contributed by atoms with Crippen LogP contribution in [-0.2, 0) is 4.79 Å². The standard InChI is InChI=1S/C19H26N4O/c1-13(2)17-7-18(21-12-20-17)22-8-15-10-23(11-16(15)9-22)19(24)14-5-3-4-6-14/h3-4,7,12-16H,5-6,8-11H2,1-2H3. The van der Waals surface area contributed by atoms with E-state index in [2.05, 4.69) is 51.8 Å². The van der Waals surface area contributed by atoms with Crippen LogP contribution in [0.4, 0.5) is 5.82 Å². The van der Waals surface area contributed by atoms with Crippen LogP contribution in [0.2, 0.25) is 0 Å². The predicted octanol–water partition coefficient (Wildman–Crippen LogP) is 2.46. The average Bonchev–Trinajstić information content (AvgIpc) is 3.30. The number of fused-ring (bicyclic) bond motifs is 1. The summed E-state index contributed by atoms with van der Waals surface area (Å²) in [4.78, 5) is 25.9. The molecule has 0 radical (unpaired) electrons. The van der Waals surface area contributed by atoms with Gasteiger partial charge in [-0.25, -0.2) is 9.97 Å². The van der Waals surface area contributed by atoms with Gasteiger partial charge in [0.05, 0.1) is 0 Å². The van der Waals surface area contributed by atoms with E-state index < -0.39 is 0 Å². The van der Waals surface area contributed by atoms with Gasteiger partial charge in [-0.3, -0.25) is 4.79 Å². The number of hydrogen-bond acceptors (Lipinski definition) is 4. The minimum atomic E-state index is 0.204. The van der Waals surface area contributed by atoms with Crippen LogP contribution < -0.4 is 4.90 Å². The molecule has 0 spiro atoms. The summed E-state index contributed by atoms with van der Waals surface area (Å²) in [6, 6.07) is 2.12. The summed E-state index contributed by atoms with van der Waals surface area (Å²) in [7, 11) is 0. The second-order valence-electron chi connectivity index (χ2n) is 7.76. The topological polar surface area (TPSA) is 49.3 Å². The van der Waals surface area contributed by atoms with Gasteiger partial charge in [0, 0.05) is 55.7 Å². The van der Waals surface area contributed by atoms with Gasteiger partial charge >= 0.3 is 0 Å². The summed E-state index contributed by atoms with van der Waals surface area (Å²) in [5.41, 5.74) is 1.10. The van der Waals surface area contributed by atoms with E-state index in [0.29, 0.717) is 23.7 Å². The van der Waals surface area contributed by atoms with Gasteiger partial charge < -0.3 is 9.80 Å². The number of allylic oxidation sites excluding steroid dienone is 2. The Kier molecular flexibility index (Phi) is 4.02. The molecule has 3 aliphatic rings. The highest BCUT2D eigenvalue weighted by Gasteiger charge is 2.43. The summed E-state index contributed by atoms with van der Waals surface area (Å²) in [5, 5.41) is 0. The zero-order chi connectivity index (χ0) is 16.7. The molecule has 2 unspecified atom stereocenters. The van der Waals surface area contributed by atoms with E-state index in [0.717, 1.165) is 50.5 Å². The van der Waals surface area contributed by atoms with Crippen LogP contribution in [0.25, 0.3) is 0 Å². The molecule has 128 valence electrons. The molecule has 2 aliphatic heterocycles. The van der Waals surface area contributed by atoms with Crippen molar-refractivity contribution in [1.82, 2.24) is 14.9 Å². The highest BCUT2D eigenvalue weighted by atomic mass is 16.2. The van der Waals surface area contributed by atoms with Crippen molar-refractivity contribution in [3.63, 3.8) is 0 Å². The fraction of sp³-hybridized carbons (Fsp3) is 0.632.